The molecule has 1 aromatic heterocycles. The summed E-state index contributed by atoms with van der Waals surface area (Å²) in [5.74, 6) is 0.880. The van der Waals surface area contributed by atoms with Gasteiger partial charge < -0.3 is 10.2 Å². The second-order valence-electron chi connectivity index (χ2n) is 3.87. The predicted octanol–water partition coefficient (Wildman–Crippen LogP) is 3.48. The molecule has 0 amide bonds. The Morgan fingerprint density at radius 3 is 2.81 bits per heavy atom. The van der Waals surface area contributed by atoms with Crippen molar-refractivity contribution in [3.8, 4) is 0 Å². The van der Waals surface area contributed by atoms with Gasteiger partial charge in [-0.1, -0.05) is 29.8 Å². The molecule has 0 radical (unpaired) electrons. The lowest BCUT2D eigenvalue weighted by molar-refractivity contribution is 0.488. The van der Waals surface area contributed by atoms with Crippen molar-refractivity contribution in [2.24, 2.45) is 5.73 Å². The van der Waals surface area contributed by atoms with Gasteiger partial charge in [-0.05, 0) is 30.2 Å². The van der Waals surface area contributed by atoms with Crippen molar-refractivity contribution in [2.75, 3.05) is 0 Å². The van der Waals surface area contributed by atoms with Crippen LogP contribution in [-0.4, -0.2) is 0 Å². The first kappa shape index (κ1) is 11.2. The van der Waals surface area contributed by atoms with Crippen LogP contribution >= 0.6 is 11.6 Å². The third kappa shape index (κ3) is 2.29. The van der Waals surface area contributed by atoms with Gasteiger partial charge in [-0.2, -0.15) is 0 Å². The molecule has 0 saturated carbocycles. The van der Waals surface area contributed by atoms with Crippen LogP contribution < -0.4 is 5.73 Å². The summed E-state index contributed by atoms with van der Waals surface area (Å²) in [5, 5.41) is 0.751. The summed E-state index contributed by atoms with van der Waals surface area (Å²) >= 11 is 6.22. The van der Waals surface area contributed by atoms with Gasteiger partial charge in [0, 0.05) is 17.5 Å². The quantitative estimate of drug-likeness (QED) is 0.885. The third-order valence-electron chi connectivity index (χ3n) is 2.62. The minimum absolute atomic E-state index is 0.126. The first-order valence-corrected chi connectivity index (χ1v) is 5.59. The van der Waals surface area contributed by atoms with Crippen molar-refractivity contribution in [1.29, 1.82) is 0 Å². The summed E-state index contributed by atoms with van der Waals surface area (Å²) in [6, 6.07) is 9.56. The van der Waals surface area contributed by atoms with E-state index in [1.807, 2.05) is 37.3 Å². The first-order valence-electron chi connectivity index (χ1n) is 5.21. The zero-order chi connectivity index (χ0) is 11.5. The number of benzene rings is 1. The van der Waals surface area contributed by atoms with Crippen LogP contribution in [0.4, 0.5) is 0 Å². The Hall–Kier alpha value is -1.25. The third-order valence-corrected chi connectivity index (χ3v) is 3.14. The number of aryl methyl sites for hydroxylation is 1. The minimum atomic E-state index is -0.126. The van der Waals surface area contributed by atoms with Crippen molar-refractivity contribution in [3.63, 3.8) is 0 Å². The molecular weight excluding hydrogens is 222 g/mol. The van der Waals surface area contributed by atoms with Crippen LogP contribution in [0.3, 0.4) is 0 Å². The molecule has 0 bridgehead atoms. The molecule has 0 aliphatic heterocycles. The average Bonchev–Trinajstić information content (AvgIpc) is 2.74. The van der Waals surface area contributed by atoms with Gasteiger partial charge in [0.05, 0.1) is 6.26 Å². The number of nitrogens with two attached hydrogens (primary N) is 1. The Labute approximate surface area is 100 Å². The topological polar surface area (TPSA) is 39.2 Å². The Balaban J connectivity index is 2.21. The summed E-state index contributed by atoms with van der Waals surface area (Å²) in [7, 11) is 0. The maximum Gasteiger partial charge on any atom is 0.105 e. The second-order valence-corrected chi connectivity index (χ2v) is 4.25. The lowest BCUT2D eigenvalue weighted by Gasteiger charge is -2.13. The fourth-order valence-electron chi connectivity index (χ4n) is 1.71. The number of furan rings is 1. The van der Waals surface area contributed by atoms with E-state index in [1.165, 1.54) is 0 Å². The van der Waals surface area contributed by atoms with Gasteiger partial charge in [0.2, 0.25) is 0 Å². The van der Waals surface area contributed by atoms with Crippen LogP contribution in [0.5, 0.6) is 0 Å². The van der Waals surface area contributed by atoms with E-state index < -0.39 is 0 Å². The lowest BCUT2D eigenvalue weighted by atomic mass is 10.0. The standard InChI is InChI=1S/C13H14ClNO/c1-9-4-2-6-11(13(9)14)12(15)8-10-5-3-7-16-10/h2-7,12H,8,15H2,1H3. The summed E-state index contributed by atoms with van der Waals surface area (Å²) in [6.07, 6.45) is 2.32. The number of rotatable bonds is 3. The van der Waals surface area contributed by atoms with Crippen LogP contribution in [0.2, 0.25) is 5.02 Å². The lowest BCUT2D eigenvalue weighted by Crippen LogP contribution is -2.13. The average molecular weight is 236 g/mol. The van der Waals surface area contributed by atoms with Gasteiger partial charge in [0.15, 0.2) is 0 Å². The van der Waals surface area contributed by atoms with Gasteiger partial charge in [0.1, 0.15) is 5.76 Å². The highest BCUT2D eigenvalue weighted by Gasteiger charge is 2.13. The molecule has 1 aromatic carbocycles. The largest absolute Gasteiger partial charge is 0.469 e. The highest BCUT2D eigenvalue weighted by Crippen LogP contribution is 2.26. The molecule has 0 spiro atoms. The summed E-state index contributed by atoms with van der Waals surface area (Å²) < 4.78 is 5.27. The summed E-state index contributed by atoms with van der Waals surface area (Å²) in [5.41, 5.74) is 8.13. The zero-order valence-corrected chi connectivity index (χ0v) is 9.87. The maximum absolute atomic E-state index is 6.22. The molecule has 1 heterocycles. The zero-order valence-electron chi connectivity index (χ0n) is 9.11. The van der Waals surface area contributed by atoms with Crippen molar-refractivity contribution in [2.45, 2.75) is 19.4 Å². The molecule has 1 unspecified atom stereocenters. The van der Waals surface area contributed by atoms with E-state index in [2.05, 4.69) is 0 Å². The Kier molecular flexibility index (Phi) is 3.32. The summed E-state index contributed by atoms with van der Waals surface area (Å²) in [6.45, 7) is 1.98. The molecular formula is C13H14ClNO. The van der Waals surface area contributed by atoms with Crippen molar-refractivity contribution < 1.29 is 4.42 Å². The minimum Gasteiger partial charge on any atom is -0.469 e. The summed E-state index contributed by atoms with van der Waals surface area (Å²) in [4.78, 5) is 0. The van der Waals surface area contributed by atoms with Crippen molar-refractivity contribution in [3.05, 3.63) is 58.5 Å². The van der Waals surface area contributed by atoms with Crippen molar-refractivity contribution in [1.82, 2.24) is 0 Å². The molecule has 0 saturated heterocycles. The molecule has 84 valence electrons. The normalized spacial score (nSPS) is 12.7. The first-order chi connectivity index (χ1) is 7.68. The Bertz CT molecular complexity index is 465. The monoisotopic (exact) mass is 235 g/mol. The Morgan fingerprint density at radius 1 is 1.31 bits per heavy atom. The molecule has 0 aliphatic rings. The molecule has 1 atom stereocenters. The molecule has 2 aromatic rings. The van der Waals surface area contributed by atoms with Gasteiger partial charge in [-0.25, -0.2) is 0 Å². The fourth-order valence-corrected chi connectivity index (χ4v) is 1.98. The number of halogens is 1. The fraction of sp³-hybridized carbons (Fsp3) is 0.231. The van der Waals surface area contributed by atoms with E-state index in [-0.39, 0.29) is 6.04 Å². The van der Waals surface area contributed by atoms with E-state index in [0.717, 1.165) is 21.9 Å². The van der Waals surface area contributed by atoms with E-state index >= 15 is 0 Å². The van der Waals surface area contributed by atoms with Crippen LogP contribution in [0, 0.1) is 6.92 Å². The molecule has 2 N–H and O–H groups in total. The van der Waals surface area contributed by atoms with Crippen LogP contribution in [0.1, 0.15) is 22.9 Å². The van der Waals surface area contributed by atoms with E-state index in [9.17, 15) is 0 Å². The maximum atomic E-state index is 6.22. The molecule has 0 fully saturated rings. The molecule has 3 heteroatoms. The molecule has 0 aliphatic carbocycles. The SMILES string of the molecule is Cc1cccc(C(N)Cc2ccco2)c1Cl. The smallest absolute Gasteiger partial charge is 0.105 e. The van der Waals surface area contributed by atoms with Gasteiger partial charge >= 0.3 is 0 Å². The van der Waals surface area contributed by atoms with E-state index in [0.29, 0.717) is 6.42 Å². The van der Waals surface area contributed by atoms with Crippen LogP contribution in [-0.2, 0) is 6.42 Å². The number of hydrogen-bond donors (Lipinski definition) is 1. The van der Waals surface area contributed by atoms with Gasteiger partial charge in [-0.3, -0.25) is 0 Å². The highest BCUT2D eigenvalue weighted by atomic mass is 35.5. The van der Waals surface area contributed by atoms with Gasteiger partial charge in [0.25, 0.3) is 0 Å². The van der Waals surface area contributed by atoms with Crippen LogP contribution in [0.25, 0.3) is 0 Å². The molecule has 2 rings (SSSR count). The molecule has 2 nitrogen and oxygen atoms in total. The number of hydrogen-bond acceptors (Lipinski definition) is 2. The van der Waals surface area contributed by atoms with E-state index in [4.69, 9.17) is 21.8 Å². The highest BCUT2D eigenvalue weighted by molar-refractivity contribution is 6.32. The van der Waals surface area contributed by atoms with Crippen LogP contribution in [0.15, 0.2) is 41.0 Å². The Morgan fingerprint density at radius 2 is 2.12 bits per heavy atom. The molecule has 16 heavy (non-hydrogen) atoms. The van der Waals surface area contributed by atoms with E-state index in [1.54, 1.807) is 6.26 Å². The predicted molar refractivity (Wildman–Crippen MR) is 65.5 cm³/mol. The second kappa shape index (κ2) is 4.73. The van der Waals surface area contributed by atoms with Gasteiger partial charge in [-0.15, -0.1) is 0 Å². The van der Waals surface area contributed by atoms with Crippen molar-refractivity contribution >= 4 is 11.6 Å².